The summed E-state index contributed by atoms with van der Waals surface area (Å²) >= 11 is 1.17. The van der Waals surface area contributed by atoms with Crippen molar-refractivity contribution >= 4 is 65.8 Å². The SMILES string of the molecule is CCC(C(=O)OC(C)(C)C)S(=O)(=O)N(C(=O)c1c(-c2nc3ccccc3s2)c(=O)oc2cc(N(CC)CC)ccc12)c1ccc(OC)cc1. The Kier molecular flexibility index (Phi) is 10.2. The van der Waals surface area contributed by atoms with Crippen LogP contribution in [0.1, 0.15) is 58.3 Å². The number of anilines is 2. The van der Waals surface area contributed by atoms with Crippen molar-refractivity contribution in [2.45, 2.75) is 58.8 Å². The van der Waals surface area contributed by atoms with Gasteiger partial charge >= 0.3 is 11.6 Å². The Morgan fingerprint density at radius 1 is 0.959 bits per heavy atom. The molecular formula is C36H39N3O8S2. The van der Waals surface area contributed by atoms with E-state index >= 15 is 4.79 Å². The molecule has 0 saturated carbocycles. The minimum Gasteiger partial charge on any atom is -0.497 e. The molecule has 1 unspecified atom stereocenters. The molecule has 0 saturated heterocycles. The molecule has 3 aromatic carbocycles. The average Bonchev–Trinajstić information content (AvgIpc) is 3.48. The van der Waals surface area contributed by atoms with Gasteiger partial charge in [0.25, 0.3) is 15.9 Å². The average molecular weight is 706 g/mol. The van der Waals surface area contributed by atoms with Gasteiger partial charge < -0.3 is 18.8 Å². The summed E-state index contributed by atoms with van der Waals surface area (Å²) in [6.45, 7) is 11.7. The fourth-order valence-electron chi connectivity index (χ4n) is 5.56. The predicted molar refractivity (Wildman–Crippen MR) is 193 cm³/mol. The number of esters is 1. The Hall–Kier alpha value is -4.75. The summed E-state index contributed by atoms with van der Waals surface area (Å²) in [6, 6.07) is 18.1. The standard InChI is InChI=1S/C36H39N3O8S2/c1-8-29(34(41)47-36(4,5)6)49(43,44)39(22-15-18-24(45-7)19-16-22)33(40)30-25-20-17-23(38(9-2)10-3)21-27(25)46-35(42)31(30)32-37-26-13-11-12-14-28(26)48-32/h11-21,29H,8-10H2,1-7H3. The van der Waals surface area contributed by atoms with Crippen LogP contribution in [-0.2, 0) is 19.6 Å². The van der Waals surface area contributed by atoms with Crippen molar-refractivity contribution < 1.29 is 31.9 Å². The summed E-state index contributed by atoms with van der Waals surface area (Å²) in [5, 5.41) is -1.36. The number of aromatic nitrogens is 1. The molecule has 5 aromatic rings. The third-order valence-electron chi connectivity index (χ3n) is 7.89. The van der Waals surface area contributed by atoms with Gasteiger partial charge in [0, 0.05) is 30.2 Å². The highest BCUT2D eigenvalue weighted by molar-refractivity contribution is 7.94. The Bertz CT molecular complexity index is 2150. The van der Waals surface area contributed by atoms with E-state index in [1.807, 2.05) is 30.9 Å². The highest BCUT2D eigenvalue weighted by Gasteiger charge is 2.44. The molecule has 0 fully saturated rings. The topological polar surface area (TPSA) is 136 Å². The molecule has 0 aliphatic rings. The van der Waals surface area contributed by atoms with Crippen molar-refractivity contribution in [1.29, 1.82) is 0 Å². The second-order valence-electron chi connectivity index (χ2n) is 12.2. The number of fused-ring (bicyclic) bond motifs is 2. The van der Waals surface area contributed by atoms with Gasteiger partial charge in [-0.1, -0.05) is 19.1 Å². The molecule has 49 heavy (non-hydrogen) atoms. The zero-order chi connectivity index (χ0) is 35.7. The maximum atomic E-state index is 15.1. The van der Waals surface area contributed by atoms with Crippen LogP contribution in [0.3, 0.4) is 0 Å². The lowest BCUT2D eigenvalue weighted by Crippen LogP contribution is -2.48. The van der Waals surface area contributed by atoms with Gasteiger partial charge in [0.15, 0.2) is 5.25 Å². The normalized spacial score (nSPS) is 12.6. The monoisotopic (exact) mass is 705 g/mol. The number of hydrogen-bond acceptors (Lipinski definition) is 11. The van der Waals surface area contributed by atoms with Crippen LogP contribution in [0.25, 0.3) is 31.8 Å². The fourth-order valence-corrected chi connectivity index (χ4v) is 8.27. The van der Waals surface area contributed by atoms with E-state index in [1.165, 1.54) is 49.6 Å². The molecule has 2 aromatic heterocycles. The molecule has 11 nitrogen and oxygen atoms in total. The van der Waals surface area contributed by atoms with E-state index in [-0.39, 0.29) is 39.2 Å². The van der Waals surface area contributed by atoms with E-state index in [4.69, 9.17) is 13.9 Å². The number of benzene rings is 3. The zero-order valence-electron chi connectivity index (χ0n) is 28.5. The maximum Gasteiger partial charge on any atom is 0.347 e. The molecule has 0 radical (unpaired) electrons. The molecule has 0 bridgehead atoms. The van der Waals surface area contributed by atoms with Gasteiger partial charge in [-0.2, -0.15) is 0 Å². The summed E-state index contributed by atoms with van der Waals surface area (Å²) in [5.41, 5.74) is -0.902. The van der Waals surface area contributed by atoms with Crippen LogP contribution in [0, 0.1) is 0 Å². The third kappa shape index (κ3) is 7.04. The number of rotatable bonds is 11. The summed E-state index contributed by atoms with van der Waals surface area (Å²) in [7, 11) is -3.37. The van der Waals surface area contributed by atoms with Gasteiger partial charge in [0.1, 0.15) is 27.5 Å². The number of methoxy groups -OCH3 is 1. The lowest BCUT2D eigenvalue weighted by molar-refractivity contribution is -0.154. The smallest absolute Gasteiger partial charge is 0.347 e. The van der Waals surface area contributed by atoms with E-state index in [1.54, 1.807) is 51.1 Å². The fraction of sp³-hybridized carbons (Fsp3) is 0.333. The van der Waals surface area contributed by atoms with Crippen LogP contribution >= 0.6 is 11.3 Å². The second-order valence-corrected chi connectivity index (χ2v) is 15.2. The van der Waals surface area contributed by atoms with Crippen molar-refractivity contribution in [3.63, 3.8) is 0 Å². The number of para-hydroxylation sites is 1. The van der Waals surface area contributed by atoms with Gasteiger partial charge in [-0.05, 0) is 89.6 Å². The lowest BCUT2D eigenvalue weighted by Gasteiger charge is -2.29. The van der Waals surface area contributed by atoms with Crippen molar-refractivity contribution in [2.24, 2.45) is 0 Å². The quantitative estimate of drug-likeness (QED) is 0.104. The van der Waals surface area contributed by atoms with Crippen molar-refractivity contribution in [2.75, 3.05) is 29.4 Å². The van der Waals surface area contributed by atoms with Gasteiger partial charge in [0.05, 0.1) is 28.6 Å². The van der Waals surface area contributed by atoms with E-state index in [0.29, 0.717) is 28.7 Å². The third-order valence-corrected chi connectivity index (χ3v) is 11.1. The number of hydrogen-bond donors (Lipinski definition) is 0. The summed E-state index contributed by atoms with van der Waals surface area (Å²) in [4.78, 5) is 49.2. The lowest BCUT2D eigenvalue weighted by atomic mass is 10.0. The summed E-state index contributed by atoms with van der Waals surface area (Å²) in [6.07, 6.45) is -0.188. The number of carbonyl (C=O) groups is 2. The van der Waals surface area contributed by atoms with Crippen molar-refractivity contribution in [1.82, 2.24) is 4.98 Å². The Morgan fingerprint density at radius 2 is 1.61 bits per heavy atom. The minimum absolute atomic E-state index is 0.0655. The Morgan fingerprint density at radius 3 is 2.20 bits per heavy atom. The molecular weight excluding hydrogens is 667 g/mol. The number of thiazole rings is 1. The van der Waals surface area contributed by atoms with Crippen molar-refractivity contribution in [3.05, 3.63) is 82.7 Å². The molecule has 0 aliphatic heterocycles. The molecule has 0 N–H and O–H groups in total. The first-order chi connectivity index (χ1) is 23.2. The molecule has 0 aliphatic carbocycles. The number of ether oxygens (including phenoxy) is 2. The van der Waals surface area contributed by atoms with Gasteiger partial charge in [-0.3, -0.25) is 9.59 Å². The number of carbonyl (C=O) groups excluding carboxylic acids is 2. The maximum absolute atomic E-state index is 15.1. The van der Waals surface area contributed by atoms with Crippen LogP contribution in [0.15, 0.2) is 75.9 Å². The molecule has 2 heterocycles. The molecule has 1 amide bonds. The predicted octanol–water partition coefficient (Wildman–Crippen LogP) is 7.02. The largest absolute Gasteiger partial charge is 0.497 e. The minimum atomic E-state index is -4.83. The Balaban J connectivity index is 1.83. The van der Waals surface area contributed by atoms with Crippen LogP contribution in [0.4, 0.5) is 11.4 Å². The number of amides is 1. The first kappa shape index (κ1) is 35.6. The highest BCUT2D eigenvalue weighted by Crippen LogP contribution is 2.37. The van der Waals surface area contributed by atoms with Crippen LogP contribution in [0.2, 0.25) is 0 Å². The van der Waals surface area contributed by atoms with E-state index in [0.717, 1.165) is 10.4 Å². The molecule has 0 spiro atoms. The molecule has 1 atom stereocenters. The highest BCUT2D eigenvalue weighted by atomic mass is 32.2. The van der Waals surface area contributed by atoms with E-state index in [9.17, 15) is 18.0 Å². The van der Waals surface area contributed by atoms with E-state index < -0.39 is 38.4 Å². The summed E-state index contributed by atoms with van der Waals surface area (Å²) in [5.74, 6) is -1.65. The van der Waals surface area contributed by atoms with Gasteiger partial charge in [0.2, 0.25) is 0 Å². The van der Waals surface area contributed by atoms with E-state index in [2.05, 4.69) is 4.98 Å². The summed E-state index contributed by atoms with van der Waals surface area (Å²) < 4.78 is 47.2. The molecule has 13 heteroatoms. The van der Waals surface area contributed by atoms with Crippen LogP contribution in [-0.4, -0.2) is 56.3 Å². The number of sulfonamides is 1. The Labute approximate surface area is 289 Å². The number of nitrogens with zero attached hydrogens (tertiary/aromatic N) is 3. The first-order valence-electron chi connectivity index (χ1n) is 15.9. The van der Waals surface area contributed by atoms with Crippen molar-refractivity contribution in [3.8, 4) is 16.3 Å². The van der Waals surface area contributed by atoms with Crippen LogP contribution < -0.4 is 19.6 Å². The molecule has 5 rings (SSSR count). The van der Waals surface area contributed by atoms with Crippen LogP contribution in [0.5, 0.6) is 5.75 Å². The second kappa shape index (κ2) is 14.0. The van der Waals surface area contributed by atoms with Gasteiger partial charge in [-0.15, -0.1) is 11.3 Å². The first-order valence-corrected chi connectivity index (χ1v) is 18.2. The van der Waals surface area contributed by atoms with Gasteiger partial charge in [-0.25, -0.2) is 22.5 Å². The zero-order valence-corrected chi connectivity index (χ0v) is 30.1. The molecule has 258 valence electrons.